The SMILES string of the molecule is COCCOCCNCc1cc(Br)c(O)c(OC)c1. The molecule has 0 atom stereocenters. The fraction of sp³-hybridized carbons (Fsp3) is 0.538. The number of benzene rings is 1. The van der Waals surface area contributed by atoms with Crippen LogP contribution in [0.5, 0.6) is 11.5 Å². The topological polar surface area (TPSA) is 60.0 Å². The Bertz CT molecular complexity index is 387. The third-order valence-corrected chi connectivity index (χ3v) is 3.10. The van der Waals surface area contributed by atoms with E-state index in [1.807, 2.05) is 6.07 Å². The number of hydrogen-bond acceptors (Lipinski definition) is 5. The predicted octanol–water partition coefficient (Wildman–Crippen LogP) is 1.92. The Balaban J connectivity index is 2.31. The van der Waals surface area contributed by atoms with Crippen LogP contribution in [0.3, 0.4) is 0 Å². The van der Waals surface area contributed by atoms with Crippen molar-refractivity contribution in [1.82, 2.24) is 5.32 Å². The average Bonchev–Trinajstić information content (AvgIpc) is 2.41. The highest BCUT2D eigenvalue weighted by molar-refractivity contribution is 9.10. The maximum Gasteiger partial charge on any atom is 0.172 e. The van der Waals surface area contributed by atoms with Crippen molar-refractivity contribution in [1.29, 1.82) is 0 Å². The summed E-state index contributed by atoms with van der Waals surface area (Å²) in [6, 6.07) is 3.66. The number of phenolic OH excluding ortho intramolecular Hbond substituents is 1. The van der Waals surface area contributed by atoms with Crippen LogP contribution in [-0.4, -0.2) is 45.7 Å². The molecule has 0 unspecified atom stereocenters. The lowest BCUT2D eigenvalue weighted by Gasteiger charge is -2.10. The number of rotatable bonds is 9. The minimum Gasteiger partial charge on any atom is -0.503 e. The molecule has 0 radical (unpaired) electrons. The van der Waals surface area contributed by atoms with Gasteiger partial charge in [0, 0.05) is 20.2 Å². The van der Waals surface area contributed by atoms with Crippen LogP contribution >= 0.6 is 15.9 Å². The lowest BCUT2D eigenvalue weighted by molar-refractivity contribution is 0.0719. The van der Waals surface area contributed by atoms with E-state index in [0.29, 0.717) is 36.6 Å². The van der Waals surface area contributed by atoms with Crippen LogP contribution in [0.4, 0.5) is 0 Å². The van der Waals surface area contributed by atoms with Crippen LogP contribution in [0.2, 0.25) is 0 Å². The molecule has 1 aromatic carbocycles. The van der Waals surface area contributed by atoms with Gasteiger partial charge in [0.1, 0.15) is 0 Å². The van der Waals surface area contributed by atoms with Gasteiger partial charge in [-0.2, -0.15) is 0 Å². The molecule has 0 aliphatic heterocycles. The van der Waals surface area contributed by atoms with Gasteiger partial charge in [0.15, 0.2) is 11.5 Å². The molecule has 0 saturated carbocycles. The monoisotopic (exact) mass is 333 g/mol. The number of aromatic hydroxyl groups is 1. The van der Waals surface area contributed by atoms with Crippen LogP contribution < -0.4 is 10.1 Å². The summed E-state index contributed by atoms with van der Waals surface area (Å²) in [4.78, 5) is 0. The van der Waals surface area contributed by atoms with Crippen molar-refractivity contribution in [2.75, 3.05) is 40.6 Å². The van der Waals surface area contributed by atoms with Gasteiger partial charge in [-0.1, -0.05) is 0 Å². The van der Waals surface area contributed by atoms with E-state index in [1.165, 1.54) is 7.11 Å². The zero-order valence-electron chi connectivity index (χ0n) is 11.2. The van der Waals surface area contributed by atoms with Gasteiger partial charge in [-0.25, -0.2) is 0 Å². The molecule has 0 aliphatic carbocycles. The smallest absolute Gasteiger partial charge is 0.172 e. The molecule has 0 aliphatic rings. The molecular weight excluding hydrogens is 314 g/mol. The van der Waals surface area contributed by atoms with Crippen LogP contribution in [0.15, 0.2) is 16.6 Å². The predicted molar refractivity (Wildman–Crippen MR) is 76.8 cm³/mol. The number of phenols is 1. The molecule has 6 heteroatoms. The third kappa shape index (κ3) is 5.78. The first-order chi connectivity index (χ1) is 9.19. The largest absolute Gasteiger partial charge is 0.503 e. The van der Waals surface area contributed by atoms with Crippen molar-refractivity contribution in [3.63, 3.8) is 0 Å². The third-order valence-electron chi connectivity index (χ3n) is 2.49. The first-order valence-corrected chi connectivity index (χ1v) is 6.81. The minimum absolute atomic E-state index is 0.120. The van der Waals surface area contributed by atoms with Crippen LogP contribution in [0.25, 0.3) is 0 Å². The van der Waals surface area contributed by atoms with E-state index in [4.69, 9.17) is 14.2 Å². The van der Waals surface area contributed by atoms with Gasteiger partial charge in [0.2, 0.25) is 0 Å². The summed E-state index contributed by atoms with van der Waals surface area (Å²) in [5, 5.41) is 12.9. The van der Waals surface area contributed by atoms with E-state index >= 15 is 0 Å². The molecule has 0 aromatic heterocycles. The highest BCUT2D eigenvalue weighted by atomic mass is 79.9. The van der Waals surface area contributed by atoms with Crippen molar-refractivity contribution in [2.45, 2.75) is 6.54 Å². The summed E-state index contributed by atoms with van der Waals surface area (Å²) >= 11 is 3.29. The summed E-state index contributed by atoms with van der Waals surface area (Å²) in [5.74, 6) is 0.580. The zero-order chi connectivity index (χ0) is 14.1. The summed E-state index contributed by atoms with van der Waals surface area (Å²) in [6.07, 6.45) is 0. The van der Waals surface area contributed by atoms with E-state index in [0.717, 1.165) is 12.1 Å². The number of hydrogen-bond donors (Lipinski definition) is 2. The second-order valence-corrected chi connectivity index (χ2v) is 4.76. The molecule has 0 saturated heterocycles. The van der Waals surface area contributed by atoms with E-state index in [1.54, 1.807) is 13.2 Å². The van der Waals surface area contributed by atoms with Gasteiger partial charge < -0.3 is 24.6 Å². The normalized spacial score (nSPS) is 10.7. The molecule has 0 bridgehead atoms. The Morgan fingerprint density at radius 1 is 1.21 bits per heavy atom. The molecule has 0 spiro atoms. The Labute approximate surface area is 122 Å². The minimum atomic E-state index is 0.120. The van der Waals surface area contributed by atoms with Crippen molar-refractivity contribution in [2.24, 2.45) is 0 Å². The molecule has 5 nitrogen and oxygen atoms in total. The zero-order valence-corrected chi connectivity index (χ0v) is 12.8. The Hall–Kier alpha value is -0.820. The molecule has 0 fully saturated rings. The summed E-state index contributed by atoms with van der Waals surface area (Å²) < 4.78 is 15.9. The van der Waals surface area contributed by atoms with Crippen molar-refractivity contribution in [3.8, 4) is 11.5 Å². The van der Waals surface area contributed by atoms with Crippen LogP contribution in [0, 0.1) is 0 Å². The molecule has 0 amide bonds. The van der Waals surface area contributed by atoms with Crippen LogP contribution in [-0.2, 0) is 16.0 Å². The molecule has 2 N–H and O–H groups in total. The van der Waals surface area contributed by atoms with Crippen LogP contribution in [0.1, 0.15) is 5.56 Å². The second-order valence-electron chi connectivity index (χ2n) is 3.91. The second kappa shape index (κ2) is 9.14. The van der Waals surface area contributed by atoms with E-state index in [2.05, 4.69) is 21.2 Å². The molecule has 19 heavy (non-hydrogen) atoms. The molecule has 108 valence electrons. The number of halogens is 1. The Morgan fingerprint density at radius 3 is 2.68 bits per heavy atom. The summed E-state index contributed by atoms with van der Waals surface area (Å²) in [6.45, 7) is 3.30. The van der Waals surface area contributed by atoms with Crippen molar-refractivity contribution >= 4 is 15.9 Å². The van der Waals surface area contributed by atoms with Crippen molar-refractivity contribution in [3.05, 3.63) is 22.2 Å². The highest BCUT2D eigenvalue weighted by Crippen LogP contribution is 2.35. The van der Waals surface area contributed by atoms with Gasteiger partial charge in [0.25, 0.3) is 0 Å². The average molecular weight is 334 g/mol. The molecular formula is C13H20BrNO4. The number of ether oxygens (including phenoxy) is 3. The molecule has 1 aromatic rings. The maximum absolute atomic E-state index is 9.69. The van der Waals surface area contributed by atoms with Gasteiger partial charge >= 0.3 is 0 Å². The first kappa shape index (κ1) is 16.2. The van der Waals surface area contributed by atoms with Crippen molar-refractivity contribution < 1.29 is 19.3 Å². The maximum atomic E-state index is 9.69. The van der Waals surface area contributed by atoms with E-state index in [-0.39, 0.29) is 5.75 Å². The molecule has 1 rings (SSSR count). The first-order valence-electron chi connectivity index (χ1n) is 6.01. The van der Waals surface area contributed by atoms with Gasteiger partial charge in [0.05, 0.1) is 31.4 Å². The highest BCUT2D eigenvalue weighted by Gasteiger charge is 2.08. The quantitative estimate of drug-likeness (QED) is 0.676. The van der Waals surface area contributed by atoms with E-state index < -0.39 is 0 Å². The summed E-state index contributed by atoms with van der Waals surface area (Å²) in [5.41, 5.74) is 1.03. The lowest BCUT2D eigenvalue weighted by atomic mass is 10.2. The molecule has 0 heterocycles. The lowest BCUT2D eigenvalue weighted by Crippen LogP contribution is -2.20. The fourth-order valence-electron chi connectivity index (χ4n) is 1.51. The Morgan fingerprint density at radius 2 is 2.00 bits per heavy atom. The van der Waals surface area contributed by atoms with Gasteiger partial charge in [-0.3, -0.25) is 0 Å². The summed E-state index contributed by atoms with van der Waals surface area (Å²) in [7, 11) is 3.18. The van der Waals surface area contributed by atoms with Gasteiger partial charge in [-0.05, 0) is 33.6 Å². The van der Waals surface area contributed by atoms with Gasteiger partial charge in [-0.15, -0.1) is 0 Å². The van der Waals surface area contributed by atoms with E-state index in [9.17, 15) is 5.11 Å². The Kier molecular flexibility index (Phi) is 7.81. The number of methoxy groups -OCH3 is 2. The number of nitrogens with one attached hydrogen (secondary N) is 1. The fourth-order valence-corrected chi connectivity index (χ4v) is 2.00. The standard InChI is InChI=1S/C13H20BrNO4/c1-17-5-6-19-4-3-15-9-10-7-11(14)13(16)12(8-10)18-2/h7-8,15-16H,3-6,9H2,1-2H3.